The van der Waals surface area contributed by atoms with Gasteiger partial charge in [-0.1, -0.05) is 56.3 Å². The van der Waals surface area contributed by atoms with Crippen molar-refractivity contribution in [1.82, 2.24) is 30.8 Å². The van der Waals surface area contributed by atoms with E-state index in [0.29, 0.717) is 23.2 Å². The summed E-state index contributed by atoms with van der Waals surface area (Å²) in [6.07, 6.45) is 5.73. The maximum absolute atomic E-state index is 14.3. The highest BCUT2D eigenvalue weighted by Gasteiger charge is 2.36. The van der Waals surface area contributed by atoms with Gasteiger partial charge in [-0.05, 0) is 54.5 Å². The number of amides is 6. The molecule has 1 aromatic heterocycles. The SMILES string of the molecule is CC(=O)N(C(=O)/C=C/c1ccccc1)[C@@H](Cc1ccc(F)cc1)C(=O)N[C@@H](Cc1cnc[nH]1)C(=O)N[C@@H](CC(C)C)C(=O)N[C@@H](CCCN=C(N)N)C(N)=O. The second-order valence-corrected chi connectivity index (χ2v) is 13.3. The number of primary amides is 1. The smallest absolute Gasteiger partial charge is 0.253 e. The predicted octanol–water partition coefficient (Wildman–Crippen LogP) is 0.831. The first kappa shape index (κ1) is 43.0. The quantitative estimate of drug-likeness (QED) is 0.0372. The first-order chi connectivity index (χ1) is 26.1. The lowest BCUT2D eigenvalue weighted by Crippen LogP contribution is -2.59. The lowest BCUT2D eigenvalue weighted by Gasteiger charge is -2.30. The Morgan fingerprint density at radius 2 is 1.51 bits per heavy atom. The minimum Gasteiger partial charge on any atom is -0.370 e. The Kier molecular flexibility index (Phi) is 16.7. The summed E-state index contributed by atoms with van der Waals surface area (Å²) >= 11 is 0. The van der Waals surface area contributed by atoms with Crippen LogP contribution in [0.2, 0.25) is 0 Å². The summed E-state index contributed by atoms with van der Waals surface area (Å²) in [5, 5.41) is 7.96. The van der Waals surface area contributed by atoms with Crippen LogP contribution in [-0.2, 0) is 41.6 Å². The number of aromatic nitrogens is 2. The Morgan fingerprint density at radius 1 is 0.873 bits per heavy atom. The highest BCUT2D eigenvalue weighted by molar-refractivity contribution is 6.06. The zero-order chi connectivity index (χ0) is 40.5. The van der Waals surface area contributed by atoms with Crippen LogP contribution in [0.15, 0.2) is 78.2 Å². The largest absolute Gasteiger partial charge is 0.370 e. The van der Waals surface area contributed by atoms with Gasteiger partial charge in [-0.25, -0.2) is 9.37 Å². The van der Waals surface area contributed by atoms with Crippen molar-refractivity contribution in [3.05, 3.63) is 95.8 Å². The van der Waals surface area contributed by atoms with Crippen molar-refractivity contribution in [2.75, 3.05) is 6.54 Å². The third kappa shape index (κ3) is 14.5. The van der Waals surface area contributed by atoms with Crippen LogP contribution in [-0.4, -0.2) is 87.0 Å². The average Bonchev–Trinajstić information content (AvgIpc) is 3.65. The molecular formula is C38H49FN10O6. The number of nitrogens with two attached hydrogens (primary N) is 3. The van der Waals surface area contributed by atoms with E-state index in [-0.39, 0.29) is 44.1 Å². The second-order valence-electron chi connectivity index (χ2n) is 13.3. The molecule has 0 aliphatic carbocycles. The standard InChI is InChI=1S/C38H49FN10O6/c1-23(2)18-30(35(53)46-29(34(40)52)10-7-17-44-38(41)42)47-36(54)31(20-28-21-43-22-45-28)48-37(55)32(19-26-11-14-27(39)15-12-26)49(24(3)50)33(51)16-13-25-8-5-4-6-9-25/h4-6,8-9,11-16,21-23,29-32H,7,10,17-20H2,1-3H3,(H2,40,52)(H,43,45)(H,46,53)(H,47,54)(H,48,55)(H4,41,42,44)/b16-13+/t29-,30-,31-,32-/m0/s1. The van der Waals surface area contributed by atoms with E-state index < -0.39 is 65.4 Å². The summed E-state index contributed by atoms with van der Waals surface area (Å²) < 4.78 is 13.8. The molecule has 17 heteroatoms. The number of rotatable bonds is 20. The summed E-state index contributed by atoms with van der Waals surface area (Å²) in [5.41, 5.74) is 17.8. The van der Waals surface area contributed by atoms with Gasteiger partial charge in [0.1, 0.15) is 30.0 Å². The van der Waals surface area contributed by atoms with Crippen molar-refractivity contribution in [1.29, 1.82) is 0 Å². The van der Waals surface area contributed by atoms with Gasteiger partial charge in [0, 0.05) is 44.3 Å². The molecule has 10 N–H and O–H groups in total. The molecule has 0 bridgehead atoms. The van der Waals surface area contributed by atoms with Crippen LogP contribution in [0.5, 0.6) is 0 Å². The van der Waals surface area contributed by atoms with Crippen LogP contribution in [0, 0.1) is 11.7 Å². The van der Waals surface area contributed by atoms with Crippen LogP contribution in [0.25, 0.3) is 6.08 Å². The van der Waals surface area contributed by atoms with Crippen LogP contribution < -0.4 is 33.2 Å². The van der Waals surface area contributed by atoms with E-state index in [1.807, 2.05) is 13.8 Å². The van der Waals surface area contributed by atoms with E-state index in [1.165, 1.54) is 42.9 Å². The highest BCUT2D eigenvalue weighted by Crippen LogP contribution is 2.15. The number of carbonyl (C=O) groups excluding carboxylic acids is 6. The molecule has 0 saturated heterocycles. The highest BCUT2D eigenvalue weighted by atomic mass is 19.1. The Hall–Kier alpha value is -6.39. The third-order valence-electron chi connectivity index (χ3n) is 8.31. The summed E-state index contributed by atoms with van der Waals surface area (Å²) in [4.78, 5) is 92.2. The first-order valence-electron chi connectivity index (χ1n) is 17.7. The van der Waals surface area contributed by atoms with E-state index in [4.69, 9.17) is 17.2 Å². The summed E-state index contributed by atoms with van der Waals surface area (Å²) in [5.74, 6) is -5.46. The molecule has 55 heavy (non-hydrogen) atoms. The van der Waals surface area contributed by atoms with Gasteiger partial charge in [0.25, 0.3) is 5.91 Å². The lowest BCUT2D eigenvalue weighted by atomic mass is 10.00. The molecule has 294 valence electrons. The number of imide groups is 1. The Labute approximate surface area is 318 Å². The average molecular weight is 761 g/mol. The number of aliphatic imine (C=N–C) groups is 1. The topological polar surface area (TPSA) is 261 Å². The molecule has 0 fully saturated rings. The summed E-state index contributed by atoms with van der Waals surface area (Å²) in [6.45, 7) is 4.98. The number of nitrogens with one attached hydrogen (secondary N) is 4. The number of imidazole rings is 1. The summed E-state index contributed by atoms with van der Waals surface area (Å²) in [6, 6.07) is 8.93. The number of H-pyrrole nitrogens is 1. The fourth-order valence-corrected chi connectivity index (χ4v) is 5.62. The fraction of sp³-hybridized carbons (Fsp3) is 0.368. The number of nitrogens with zero attached hydrogens (tertiary/aromatic N) is 3. The molecule has 2 aromatic carbocycles. The molecule has 0 unspecified atom stereocenters. The second kappa shape index (κ2) is 21.3. The fourth-order valence-electron chi connectivity index (χ4n) is 5.62. The van der Waals surface area contributed by atoms with Crippen molar-refractivity contribution in [3.63, 3.8) is 0 Å². The molecule has 0 spiro atoms. The van der Waals surface area contributed by atoms with Crippen molar-refractivity contribution in [3.8, 4) is 0 Å². The van der Waals surface area contributed by atoms with E-state index in [2.05, 4.69) is 30.9 Å². The van der Waals surface area contributed by atoms with Gasteiger partial charge in [0.05, 0.1) is 6.33 Å². The minimum absolute atomic E-state index is 0.107. The Balaban J connectivity index is 1.93. The predicted molar refractivity (Wildman–Crippen MR) is 204 cm³/mol. The molecule has 16 nitrogen and oxygen atoms in total. The van der Waals surface area contributed by atoms with Crippen molar-refractivity contribution >= 4 is 47.5 Å². The minimum atomic E-state index is -1.49. The number of carbonyl (C=O) groups is 6. The number of hydrogen-bond acceptors (Lipinski definition) is 8. The zero-order valence-corrected chi connectivity index (χ0v) is 31.0. The normalized spacial score (nSPS) is 13.3. The van der Waals surface area contributed by atoms with Gasteiger partial charge in [-0.2, -0.15) is 0 Å². The lowest BCUT2D eigenvalue weighted by molar-refractivity contribution is -0.148. The van der Waals surface area contributed by atoms with Crippen LogP contribution >= 0.6 is 0 Å². The third-order valence-corrected chi connectivity index (χ3v) is 8.31. The molecule has 3 aromatic rings. The number of hydrogen-bond donors (Lipinski definition) is 7. The molecule has 0 aliphatic rings. The van der Waals surface area contributed by atoms with Gasteiger partial charge in [-0.3, -0.25) is 38.7 Å². The van der Waals surface area contributed by atoms with Crippen molar-refractivity contribution in [2.24, 2.45) is 28.1 Å². The molecule has 1 heterocycles. The Morgan fingerprint density at radius 3 is 2.09 bits per heavy atom. The van der Waals surface area contributed by atoms with Gasteiger partial charge in [0.2, 0.25) is 29.5 Å². The monoisotopic (exact) mass is 760 g/mol. The molecule has 4 atom stereocenters. The van der Waals surface area contributed by atoms with Crippen LogP contribution in [0.1, 0.15) is 56.9 Å². The molecule has 0 radical (unpaired) electrons. The van der Waals surface area contributed by atoms with Gasteiger partial charge < -0.3 is 38.1 Å². The van der Waals surface area contributed by atoms with E-state index in [9.17, 15) is 33.2 Å². The van der Waals surface area contributed by atoms with Gasteiger partial charge in [-0.15, -0.1) is 0 Å². The summed E-state index contributed by atoms with van der Waals surface area (Å²) in [7, 11) is 0. The van der Waals surface area contributed by atoms with Gasteiger partial charge in [0.15, 0.2) is 5.96 Å². The molecule has 0 saturated carbocycles. The maximum Gasteiger partial charge on any atom is 0.253 e. The van der Waals surface area contributed by atoms with Gasteiger partial charge >= 0.3 is 0 Å². The molecule has 6 amide bonds. The van der Waals surface area contributed by atoms with Crippen molar-refractivity contribution < 1.29 is 33.2 Å². The van der Waals surface area contributed by atoms with E-state index >= 15 is 0 Å². The van der Waals surface area contributed by atoms with E-state index in [0.717, 1.165) is 17.9 Å². The first-order valence-corrected chi connectivity index (χ1v) is 17.7. The molecule has 0 aliphatic heterocycles. The van der Waals surface area contributed by atoms with Crippen molar-refractivity contribution in [2.45, 2.75) is 77.0 Å². The number of aromatic amines is 1. The van der Waals surface area contributed by atoms with E-state index in [1.54, 1.807) is 30.3 Å². The maximum atomic E-state index is 14.3. The zero-order valence-electron chi connectivity index (χ0n) is 31.0. The number of guanidine groups is 1. The molecular weight excluding hydrogens is 711 g/mol. The Bertz CT molecular complexity index is 1810. The molecule has 3 rings (SSSR count). The van der Waals surface area contributed by atoms with Crippen LogP contribution in [0.4, 0.5) is 4.39 Å². The number of benzene rings is 2. The van der Waals surface area contributed by atoms with Crippen LogP contribution in [0.3, 0.4) is 0 Å². The number of halogens is 1.